The molecular formula is C15H19N2OS+. The average Bonchev–Trinajstić information content (AvgIpc) is 2.90. The van der Waals surface area contributed by atoms with Crippen molar-refractivity contribution in [3.63, 3.8) is 0 Å². The highest BCUT2D eigenvalue weighted by Gasteiger charge is 2.23. The Morgan fingerprint density at radius 3 is 2.47 bits per heavy atom. The largest absolute Gasteiger partial charge is 0.365 e. The number of carbonyl (C=O) groups excluding carboxylic acids is 1. The zero-order valence-corrected chi connectivity index (χ0v) is 12.0. The van der Waals surface area contributed by atoms with Crippen molar-refractivity contribution >= 4 is 17.2 Å². The number of thiophene rings is 1. The number of quaternary nitrogens is 1. The smallest absolute Gasteiger partial charge is 0.275 e. The number of carbonyl (C=O) groups is 1. The van der Waals surface area contributed by atoms with E-state index in [0.717, 1.165) is 0 Å². The van der Waals surface area contributed by atoms with Crippen LogP contribution >= 0.6 is 11.3 Å². The first-order valence-corrected chi connectivity index (χ1v) is 7.20. The monoisotopic (exact) mass is 275 g/mol. The molecule has 0 spiro atoms. The number of aryl methyl sites for hydroxylation is 1. The van der Waals surface area contributed by atoms with Crippen molar-refractivity contribution in [2.45, 2.75) is 25.9 Å². The van der Waals surface area contributed by atoms with Crippen LogP contribution in [0.5, 0.6) is 0 Å². The molecule has 100 valence electrons. The van der Waals surface area contributed by atoms with Gasteiger partial charge in [0.1, 0.15) is 6.04 Å². The maximum atomic E-state index is 11.3. The fourth-order valence-corrected chi connectivity index (χ4v) is 2.83. The minimum atomic E-state index is -0.284. The Morgan fingerprint density at radius 1 is 1.26 bits per heavy atom. The van der Waals surface area contributed by atoms with Crippen LogP contribution < -0.4 is 11.1 Å². The Hall–Kier alpha value is -1.65. The summed E-state index contributed by atoms with van der Waals surface area (Å²) in [5.74, 6) is -0.284. The molecule has 1 heterocycles. The molecule has 3 nitrogen and oxygen atoms in total. The summed E-state index contributed by atoms with van der Waals surface area (Å²) in [6.07, 6.45) is 0. The molecule has 0 aliphatic rings. The summed E-state index contributed by atoms with van der Waals surface area (Å²) in [4.78, 5) is 12.5. The van der Waals surface area contributed by atoms with E-state index in [1.807, 2.05) is 18.3 Å². The summed E-state index contributed by atoms with van der Waals surface area (Å²) in [5, 5.41) is 4.08. The Balaban J connectivity index is 2.29. The van der Waals surface area contributed by atoms with E-state index in [0.29, 0.717) is 0 Å². The molecule has 0 unspecified atom stereocenters. The second-order valence-corrected chi connectivity index (χ2v) is 5.77. The zero-order chi connectivity index (χ0) is 13.8. The van der Waals surface area contributed by atoms with Crippen LogP contribution in [0.3, 0.4) is 0 Å². The number of rotatable bonds is 5. The molecule has 0 fully saturated rings. The number of amides is 1. The van der Waals surface area contributed by atoms with Crippen molar-refractivity contribution in [3.8, 4) is 0 Å². The van der Waals surface area contributed by atoms with E-state index in [2.05, 4.69) is 42.6 Å². The van der Waals surface area contributed by atoms with Crippen LogP contribution in [0.2, 0.25) is 0 Å². The molecule has 0 saturated carbocycles. The lowest BCUT2D eigenvalue weighted by Gasteiger charge is -2.18. The standard InChI is InChI=1S/C15H18N2OS/c1-10-5-7-12(8-6-10)14(13-4-3-9-19-13)17-11(2)15(16)18/h3-9,11,14,17H,1-2H3,(H2,16,18)/p+1/t11-,14-/m1/s1. The summed E-state index contributed by atoms with van der Waals surface area (Å²) in [5.41, 5.74) is 7.80. The summed E-state index contributed by atoms with van der Waals surface area (Å²) in [6.45, 7) is 3.91. The predicted molar refractivity (Wildman–Crippen MR) is 77.9 cm³/mol. The Labute approximate surface area is 117 Å². The molecule has 1 aromatic heterocycles. The fourth-order valence-electron chi connectivity index (χ4n) is 2.00. The van der Waals surface area contributed by atoms with Crippen molar-refractivity contribution in [2.24, 2.45) is 5.73 Å². The molecule has 2 aromatic rings. The van der Waals surface area contributed by atoms with Crippen molar-refractivity contribution in [3.05, 3.63) is 57.8 Å². The normalized spacial score (nSPS) is 14.0. The molecule has 0 radical (unpaired) electrons. The first kappa shape index (κ1) is 13.8. The fraction of sp³-hybridized carbons (Fsp3) is 0.267. The maximum absolute atomic E-state index is 11.3. The van der Waals surface area contributed by atoms with Crippen LogP contribution in [0.4, 0.5) is 0 Å². The molecule has 0 bridgehead atoms. The lowest BCUT2D eigenvalue weighted by molar-refractivity contribution is -0.704. The zero-order valence-electron chi connectivity index (χ0n) is 11.2. The van der Waals surface area contributed by atoms with Crippen LogP contribution in [0, 0.1) is 6.92 Å². The average molecular weight is 275 g/mol. The number of primary amides is 1. The van der Waals surface area contributed by atoms with Crippen molar-refractivity contribution in [1.29, 1.82) is 0 Å². The minimum Gasteiger partial charge on any atom is -0.365 e. The van der Waals surface area contributed by atoms with Gasteiger partial charge in [0.05, 0.1) is 4.88 Å². The van der Waals surface area contributed by atoms with Gasteiger partial charge in [-0.25, -0.2) is 0 Å². The number of benzene rings is 1. The number of nitrogens with two attached hydrogens (primary N) is 2. The molecule has 0 aliphatic carbocycles. The highest BCUT2D eigenvalue weighted by Crippen LogP contribution is 2.23. The summed E-state index contributed by atoms with van der Waals surface area (Å²) >= 11 is 1.70. The van der Waals surface area contributed by atoms with Crippen LogP contribution in [-0.4, -0.2) is 11.9 Å². The van der Waals surface area contributed by atoms with Gasteiger partial charge >= 0.3 is 0 Å². The van der Waals surface area contributed by atoms with Crippen LogP contribution in [0.1, 0.15) is 29.0 Å². The van der Waals surface area contributed by atoms with Crippen molar-refractivity contribution in [2.75, 3.05) is 0 Å². The van der Waals surface area contributed by atoms with Gasteiger partial charge in [-0.2, -0.15) is 0 Å². The van der Waals surface area contributed by atoms with Gasteiger partial charge in [0.15, 0.2) is 6.04 Å². The maximum Gasteiger partial charge on any atom is 0.275 e. The van der Waals surface area contributed by atoms with Gasteiger partial charge in [0, 0.05) is 5.56 Å². The first-order valence-electron chi connectivity index (χ1n) is 6.32. The van der Waals surface area contributed by atoms with E-state index in [-0.39, 0.29) is 18.0 Å². The van der Waals surface area contributed by atoms with E-state index in [1.165, 1.54) is 16.0 Å². The van der Waals surface area contributed by atoms with Gasteiger partial charge in [-0.3, -0.25) is 4.79 Å². The van der Waals surface area contributed by atoms with Gasteiger partial charge in [0.25, 0.3) is 5.91 Å². The molecule has 2 rings (SSSR count). The van der Waals surface area contributed by atoms with Crippen molar-refractivity contribution < 1.29 is 10.1 Å². The number of hydrogen-bond donors (Lipinski definition) is 2. The third kappa shape index (κ3) is 3.43. The third-order valence-electron chi connectivity index (χ3n) is 3.22. The van der Waals surface area contributed by atoms with Gasteiger partial charge in [-0.05, 0) is 25.3 Å². The van der Waals surface area contributed by atoms with Gasteiger partial charge in [0.2, 0.25) is 0 Å². The molecule has 1 aromatic carbocycles. The van der Waals surface area contributed by atoms with Crippen molar-refractivity contribution in [1.82, 2.24) is 0 Å². The lowest BCUT2D eigenvalue weighted by Crippen LogP contribution is -2.92. The molecule has 19 heavy (non-hydrogen) atoms. The van der Waals surface area contributed by atoms with Gasteiger partial charge in [-0.1, -0.05) is 35.9 Å². The summed E-state index contributed by atoms with van der Waals surface area (Å²) in [6, 6.07) is 12.4. The summed E-state index contributed by atoms with van der Waals surface area (Å²) < 4.78 is 0. The highest BCUT2D eigenvalue weighted by molar-refractivity contribution is 7.10. The van der Waals surface area contributed by atoms with Crippen LogP contribution in [-0.2, 0) is 4.79 Å². The lowest BCUT2D eigenvalue weighted by atomic mass is 10.0. The third-order valence-corrected chi connectivity index (χ3v) is 4.17. The molecule has 0 saturated heterocycles. The molecular weight excluding hydrogens is 256 g/mol. The Kier molecular flexibility index (Phi) is 4.35. The topological polar surface area (TPSA) is 59.7 Å². The van der Waals surface area contributed by atoms with Crippen LogP contribution in [0.15, 0.2) is 41.8 Å². The van der Waals surface area contributed by atoms with Gasteiger partial charge < -0.3 is 11.1 Å². The Morgan fingerprint density at radius 2 is 1.95 bits per heavy atom. The SMILES string of the molecule is Cc1ccc([C@@H]([NH2+][C@H](C)C(N)=O)c2cccs2)cc1. The van der Waals surface area contributed by atoms with E-state index < -0.39 is 0 Å². The first-order chi connectivity index (χ1) is 9.08. The quantitative estimate of drug-likeness (QED) is 0.855. The number of hydrogen-bond acceptors (Lipinski definition) is 2. The summed E-state index contributed by atoms with van der Waals surface area (Å²) in [7, 11) is 0. The molecule has 1 amide bonds. The molecule has 0 aliphatic heterocycles. The highest BCUT2D eigenvalue weighted by atomic mass is 32.1. The molecule has 4 N–H and O–H groups in total. The second kappa shape index (κ2) is 5.99. The molecule has 4 heteroatoms. The molecule has 2 atom stereocenters. The second-order valence-electron chi connectivity index (χ2n) is 4.79. The van der Waals surface area contributed by atoms with E-state index in [4.69, 9.17) is 5.73 Å². The Bertz CT molecular complexity index is 534. The van der Waals surface area contributed by atoms with Crippen LogP contribution in [0.25, 0.3) is 0 Å². The van der Waals surface area contributed by atoms with Gasteiger partial charge in [-0.15, -0.1) is 11.3 Å². The van der Waals surface area contributed by atoms with E-state index in [9.17, 15) is 4.79 Å². The predicted octanol–water partition coefficient (Wildman–Crippen LogP) is 1.58. The van der Waals surface area contributed by atoms with E-state index >= 15 is 0 Å². The van der Waals surface area contributed by atoms with E-state index in [1.54, 1.807) is 11.3 Å². The minimum absolute atomic E-state index is 0.128.